The highest BCUT2D eigenvalue weighted by atomic mass is 16.1. The van der Waals surface area contributed by atoms with Gasteiger partial charge in [0.05, 0.1) is 0 Å². The zero-order valence-corrected chi connectivity index (χ0v) is 12.5. The number of nitrogens with zero attached hydrogens (tertiary/aromatic N) is 1. The average molecular weight is 283 g/mol. The molecule has 1 amide bonds. The molecule has 0 heterocycles. The van der Waals surface area contributed by atoms with Crippen LogP contribution in [0.25, 0.3) is 0 Å². The van der Waals surface area contributed by atoms with E-state index in [2.05, 4.69) is 5.32 Å². The number of anilines is 2. The molecule has 2 aromatic carbocycles. The number of nitrogens with two attached hydrogens (primary N) is 1. The first kappa shape index (κ1) is 15.1. The molecule has 4 heteroatoms. The van der Waals surface area contributed by atoms with E-state index in [0.29, 0.717) is 18.5 Å². The van der Waals surface area contributed by atoms with Crippen molar-refractivity contribution in [3.63, 3.8) is 0 Å². The molecule has 0 atom stereocenters. The SMILES string of the molecule is CN(C)c1ccc(NC(=O)c2ccccc2CCN)cc1. The molecule has 0 bridgehead atoms. The van der Waals surface area contributed by atoms with Gasteiger partial charge in [0, 0.05) is 31.0 Å². The molecule has 0 saturated carbocycles. The van der Waals surface area contributed by atoms with Gasteiger partial charge in [0.15, 0.2) is 0 Å². The Balaban J connectivity index is 2.14. The smallest absolute Gasteiger partial charge is 0.255 e. The number of hydrogen-bond donors (Lipinski definition) is 2. The number of carbonyl (C=O) groups excluding carboxylic acids is 1. The van der Waals surface area contributed by atoms with Gasteiger partial charge in [-0.3, -0.25) is 4.79 Å². The number of amides is 1. The standard InChI is InChI=1S/C17H21N3O/c1-20(2)15-9-7-14(8-10-15)19-17(21)16-6-4-3-5-13(16)11-12-18/h3-10H,11-12,18H2,1-2H3,(H,19,21). The van der Waals surface area contributed by atoms with Crippen molar-refractivity contribution in [1.29, 1.82) is 0 Å². The summed E-state index contributed by atoms with van der Waals surface area (Å²) in [7, 11) is 3.97. The van der Waals surface area contributed by atoms with Crippen LogP contribution in [0.4, 0.5) is 11.4 Å². The summed E-state index contributed by atoms with van der Waals surface area (Å²) in [6.07, 6.45) is 0.698. The average Bonchev–Trinajstić information content (AvgIpc) is 2.48. The first-order valence-electron chi connectivity index (χ1n) is 6.98. The lowest BCUT2D eigenvalue weighted by Crippen LogP contribution is -2.16. The summed E-state index contributed by atoms with van der Waals surface area (Å²) < 4.78 is 0. The minimum atomic E-state index is -0.100. The summed E-state index contributed by atoms with van der Waals surface area (Å²) in [5, 5.41) is 2.92. The molecule has 110 valence electrons. The Hall–Kier alpha value is -2.33. The van der Waals surface area contributed by atoms with Gasteiger partial charge in [-0.15, -0.1) is 0 Å². The molecule has 0 saturated heterocycles. The van der Waals surface area contributed by atoms with E-state index in [1.54, 1.807) is 0 Å². The van der Waals surface area contributed by atoms with Crippen LogP contribution in [-0.2, 0) is 6.42 Å². The summed E-state index contributed by atoms with van der Waals surface area (Å²) >= 11 is 0. The van der Waals surface area contributed by atoms with E-state index in [9.17, 15) is 4.79 Å². The molecular weight excluding hydrogens is 262 g/mol. The van der Waals surface area contributed by atoms with Crippen molar-refractivity contribution < 1.29 is 4.79 Å². The maximum absolute atomic E-state index is 12.4. The van der Waals surface area contributed by atoms with Gasteiger partial charge in [-0.05, 0) is 48.9 Å². The van der Waals surface area contributed by atoms with Crippen molar-refractivity contribution in [3.05, 3.63) is 59.7 Å². The van der Waals surface area contributed by atoms with E-state index in [1.165, 1.54) is 0 Å². The van der Waals surface area contributed by atoms with Crippen molar-refractivity contribution in [2.75, 3.05) is 30.9 Å². The molecule has 0 aliphatic rings. The Kier molecular flexibility index (Phi) is 4.95. The lowest BCUT2D eigenvalue weighted by molar-refractivity contribution is 0.102. The topological polar surface area (TPSA) is 58.4 Å². The normalized spacial score (nSPS) is 10.2. The van der Waals surface area contributed by atoms with E-state index >= 15 is 0 Å². The summed E-state index contributed by atoms with van der Waals surface area (Å²) in [6, 6.07) is 15.3. The van der Waals surface area contributed by atoms with Gasteiger partial charge in [0.25, 0.3) is 5.91 Å². The second-order valence-corrected chi connectivity index (χ2v) is 5.09. The number of rotatable bonds is 5. The Labute approximate surface area is 125 Å². The minimum absolute atomic E-state index is 0.100. The van der Waals surface area contributed by atoms with Crippen LogP contribution in [0.15, 0.2) is 48.5 Å². The molecule has 0 aliphatic heterocycles. The lowest BCUT2D eigenvalue weighted by atomic mass is 10.0. The molecule has 2 rings (SSSR count). The Bertz CT molecular complexity index is 606. The molecule has 0 unspecified atom stereocenters. The largest absolute Gasteiger partial charge is 0.378 e. The number of benzene rings is 2. The molecule has 0 spiro atoms. The van der Waals surface area contributed by atoms with Crippen LogP contribution < -0.4 is 16.0 Å². The van der Waals surface area contributed by atoms with Crippen molar-refractivity contribution in [2.24, 2.45) is 5.73 Å². The maximum Gasteiger partial charge on any atom is 0.255 e. The van der Waals surface area contributed by atoms with Gasteiger partial charge in [0.2, 0.25) is 0 Å². The lowest BCUT2D eigenvalue weighted by Gasteiger charge is -2.13. The first-order valence-corrected chi connectivity index (χ1v) is 6.98. The Morgan fingerprint density at radius 3 is 2.38 bits per heavy atom. The zero-order valence-electron chi connectivity index (χ0n) is 12.5. The van der Waals surface area contributed by atoms with Crippen LogP contribution in [0.2, 0.25) is 0 Å². The molecule has 3 N–H and O–H groups in total. The molecule has 0 aliphatic carbocycles. The third-order valence-corrected chi connectivity index (χ3v) is 3.32. The fraction of sp³-hybridized carbons (Fsp3) is 0.235. The molecule has 2 aromatic rings. The van der Waals surface area contributed by atoms with Gasteiger partial charge >= 0.3 is 0 Å². The van der Waals surface area contributed by atoms with E-state index in [-0.39, 0.29) is 5.91 Å². The zero-order chi connectivity index (χ0) is 15.2. The summed E-state index contributed by atoms with van der Waals surface area (Å²) in [6.45, 7) is 0.530. The monoisotopic (exact) mass is 283 g/mol. The maximum atomic E-state index is 12.4. The van der Waals surface area contributed by atoms with Gasteiger partial charge < -0.3 is 16.0 Å². The van der Waals surface area contributed by atoms with Crippen LogP contribution >= 0.6 is 0 Å². The van der Waals surface area contributed by atoms with Gasteiger partial charge in [0.1, 0.15) is 0 Å². The fourth-order valence-electron chi connectivity index (χ4n) is 2.16. The third kappa shape index (κ3) is 3.83. The van der Waals surface area contributed by atoms with E-state index in [1.807, 2.05) is 67.5 Å². The van der Waals surface area contributed by atoms with E-state index in [4.69, 9.17) is 5.73 Å². The van der Waals surface area contributed by atoms with Gasteiger partial charge in [-0.25, -0.2) is 0 Å². The first-order chi connectivity index (χ1) is 10.1. The van der Waals surface area contributed by atoms with Crippen LogP contribution in [0.1, 0.15) is 15.9 Å². The number of hydrogen-bond acceptors (Lipinski definition) is 3. The molecular formula is C17H21N3O. The molecule has 0 aromatic heterocycles. The predicted molar refractivity (Wildman–Crippen MR) is 87.9 cm³/mol. The van der Waals surface area contributed by atoms with Crippen LogP contribution in [0.3, 0.4) is 0 Å². The van der Waals surface area contributed by atoms with Crippen LogP contribution in [-0.4, -0.2) is 26.5 Å². The van der Waals surface area contributed by atoms with Gasteiger partial charge in [-0.1, -0.05) is 18.2 Å². The number of nitrogens with one attached hydrogen (secondary N) is 1. The highest BCUT2D eigenvalue weighted by Gasteiger charge is 2.10. The fourth-order valence-corrected chi connectivity index (χ4v) is 2.16. The molecule has 0 radical (unpaired) electrons. The summed E-state index contributed by atoms with van der Waals surface area (Å²) in [4.78, 5) is 14.4. The van der Waals surface area contributed by atoms with Crippen molar-refractivity contribution in [1.82, 2.24) is 0 Å². The van der Waals surface area contributed by atoms with Crippen molar-refractivity contribution >= 4 is 17.3 Å². The van der Waals surface area contributed by atoms with E-state index < -0.39 is 0 Å². The van der Waals surface area contributed by atoms with Crippen molar-refractivity contribution in [2.45, 2.75) is 6.42 Å². The quantitative estimate of drug-likeness (QED) is 0.886. The second kappa shape index (κ2) is 6.90. The Morgan fingerprint density at radius 2 is 1.76 bits per heavy atom. The molecule has 21 heavy (non-hydrogen) atoms. The van der Waals surface area contributed by atoms with Crippen molar-refractivity contribution in [3.8, 4) is 0 Å². The molecule has 0 fully saturated rings. The highest BCUT2D eigenvalue weighted by Crippen LogP contribution is 2.17. The second-order valence-electron chi connectivity index (χ2n) is 5.09. The predicted octanol–water partition coefficient (Wildman–Crippen LogP) is 2.51. The van der Waals surface area contributed by atoms with E-state index in [0.717, 1.165) is 16.9 Å². The molecule has 4 nitrogen and oxygen atoms in total. The minimum Gasteiger partial charge on any atom is -0.378 e. The van der Waals surface area contributed by atoms with Gasteiger partial charge in [-0.2, -0.15) is 0 Å². The number of carbonyl (C=O) groups is 1. The van der Waals surface area contributed by atoms with Crippen LogP contribution in [0.5, 0.6) is 0 Å². The third-order valence-electron chi connectivity index (χ3n) is 3.32. The Morgan fingerprint density at radius 1 is 1.10 bits per heavy atom. The highest BCUT2D eigenvalue weighted by molar-refractivity contribution is 6.05. The summed E-state index contributed by atoms with van der Waals surface area (Å²) in [5.74, 6) is -0.100. The summed E-state index contributed by atoms with van der Waals surface area (Å²) in [5.41, 5.74) is 9.12. The van der Waals surface area contributed by atoms with Crippen LogP contribution in [0, 0.1) is 0 Å².